The Hall–Kier alpha value is -1.98. The number of benzene rings is 1. The van der Waals surface area contributed by atoms with E-state index in [9.17, 15) is 0 Å². The second-order valence-electron chi connectivity index (χ2n) is 5.42. The molecular formula is C15H18Cl2N4O6. The van der Waals surface area contributed by atoms with Crippen molar-refractivity contribution in [3.8, 4) is 0 Å². The maximum absolute atomic E-state index is 8.36. The van der Waals surface area contributed by atoms with Gasteiger partial charge in [-0.05, 0) is 19.1 Å². The zero-order valence-electron chi connectivity index (χ0n) is 14.3. The molecule has 1 N–H and O–H groups in total. The van der Waals surface area contributed by atoms with Gasteiger partial charge in [-0.15, -0.1) is 10.1 Å². The summed E-state index contributed by atoms with van der Waals surface area (Å²) in [6.45, 7) is 3.76. The quantitative estimate of drug-likeness (QED) is 0.558. The standard InChI is InChI=1S/C15H17Cl2N3O3.HNO3/c1-2-21-6-12-7-22-15(23-12,8-20-10-18-9-19-20)13-4-3-11(16)5-14(13)17;2-1(3)4/h3-5,9-10,12H,2,6-8H2,1H3;(H,2,3,4)/t12-,15-;/m1./s1. The van der Waals surface area contributed by atoms with Gasteiger partial charge in [-0.1, -0.05) is 29.3 Å². The number of aromatic nitrogens is 3. The molecule has 1 aliphatic rings. The van der Waals surface area contributed by atoms with E-state index >= 15 is 0 Å². The zero-order chi connectivity index (χ0) is 19.9. The van der Waals surface area contributed by atoms with E-state index in [-0.39, 0.29) is 6.10 Å². The highest BCUT2D eigenvalue weighted by molar-refractivity contribution is 6.35. The van der Waals surface area contributed by atoms with Crippen molar-refractivity contribution < 1.29 is 24.5 Å². The Balaban J connectivity index is 0.000000596. The molecule has 0 amide bonds. The van der Waals surface area contributed by atoms with Crippen LogP contribution in [0.1, 0.15) is 12.5 Å². The van der Waals surface area contributed by atoms with Crippen molar-refractivity contribution in [2.24, 2.45) is 0 Å². The second kappa shape index (κ2) is 9.81. The van der Waals surface area contributed by atoms with Gasteiger partial charge in [-0.2, -0.15) is 5.10 Å². The molecule has 1 saturated heterocycles. The molecule has 3 rings (SSSR count). The summed E-state index contributed by atoms with van der Waals surface area (Å²) in [5, 5.41) is 18.8. The number of hydrogen-bond donors (Lipinski definition) is 1. The van der Waals surface area contributed by atoms with Crippen LogP contribution in [0, 0.1) is 10.1 Å². The van der Waals surface area contributed by atoms with E-state index in [4.69, 9.17) is 52.7 Å². The summed E-state index contributed by atoms with van der Waals surface area (Å²) in [6.07, 6.45) is 2.89. The van der Waals surface area contributed by atoms with Crippen LogP contribution in [0.5, 0.6) is 0 Å². The number of rotatable bonds is 6. The fourth-order valence-corrected chi connectivity index (χ4v) is 3.08. The van der Waals surface area contributed by atoms with Gasteiger partial charge in [0, 0.05) is 17.2 Å². The van der Waals surface area contributed by atoms with Crippen LogP contribution in [0.2, 0.25) is 10.0 Å². The Morgan fingerprint density at radius 1 is 1.52 bits per heavy atom. The van der Waals surface area contributed by atoms with E-state index < -0.39 is 10.9 Å². The second-order valence-corrected chi connectivity index (χ2v) is 6.26. The summed E-state index contributed by atoms with van der Waals surface area (Å²) in [5.41, 5.74) is 0.707. The van der Waals surface area contributed by atoms with Crippen molar-refractivity contribution in [2.75, 3.05) is 19.8 Å². The minimum atomic E-state index is -1.50. The van der Waals surface area contributed by atoms with E-state index in [0.29, 0.717) is 42.0 Å². The van der Waals surface area contributed by atoms with Gasteiger partial charge in [-0.3, -0.25) is 0 Å². The van der Waals surface area contributed by atoms with Crippen LogP contribution in [0.3, 0.4) is 0 Å². The summed E-state index contributed by atoms with van der Waals surface area (Å²) >= 11 is 12.4. The number of nitrogens with zero attached hydrogens (tertiary/aromatic N) is 4. The molecule has 2 heterocycles. The highest BCUT2D eigenvalue weighted by atomic mass is 35.5. The minimum absolute atomic E-state index is 0.176. The molecule has 1 aliphatic heterocycles. The lowest BCUT2D eigenvalue weighted by atomic mass is 10.1. The van der Waals surface area contributed by atoms with Crippen LogP contribution in [0.25, 0.3) is 0 Å². The van der Waals surface area contributed by atoms with E-state index in [1.807, 2.05) is 13.0 Å². The Bertz CT molecular complexity index is 744. The molecule has 1 fully saturated rings. The molecular weight excluding hydrogens is 403 g/mol. The zero-order valence-corrected chi connectivity index (χ0v) is 15.8. The largest absolute Gasteiger partial charge is 0.379 e. The molecule has 2 aromatic rings. The van der Waals surface area contributed by atoms with E-state index in [0.717, 1.165) is 0 Å². The molecule has 27 heavy (non-hydrogen) atoms. The summed E-state index contributed by atoms with van der Waals surface area (Å²) in [7, 11) is 0. The van der Waals surface area contributed by atoms with Crippen molar-refractivity contribution in [1.29, 1.82) is 0 Å². The molecule has 0 unspecified atom stereocenters. The predicted octanol–water partition coefficient (Wildman–Crippen LogP) is 2.54. The molecule has 0 bridgehead atoms. The molecule has 0 radical (unpaired) electrons. The Kier molecular flexibility index (Phi) is 7.75. The fourth-order valence-electron chi connectivity index (χ4n) is 2.53. The van der Waals surface area contributed by atoms with Gasteiger partial charge in [0.1, 0.15) is 25.3 Å². The molecule has 12 heteroatoms. The number of ether oxygens (including phenoxy) is 3. The lowest BCUT2D eigenvalue weighted by molar-refractivity contribution is -0.742. The fraction of sp³-hybridized carbons (Fsp3) is 0.467. The van der Waals surface area contributed by atoms with Gasteiger partial charge in [0.15, 0.2) is 0 Å². The van der Waals surface area contributed by atoms with Gasteiger partial charge in [0.05, 0.1) is 18.2 Å². The van der Waals surface area contributed by atoms with E-state index in [1.165, 1.54) is 6.33 Å². The van der Waals surface area contributed by atoms with Crippen LogP contribution in [0.4, 0.5) is 0 Å². The van der Waals surface area contributed by atoms with Crippen molar-refractivity contribution in [2.45, 2.75) is 25.4 Å². The molecule has 148 valence electrons. The predicted molar refractivity (Wildman–Crippen MR) is 94.3 cm³/mol. The van der Waals surface area contributed by atoms with Gasteiger partial charge in [-0.25, -0.2) is 9.67 Å². The van der Waals surface area contributed by atoms with Gasteiger partial charge in [0.25, 0.3) is 5.09 Å². The van der Waals surface area contributed by atoms with Gasteiger partial charge in [0.2, 0.25) is 5.79 Å². The van der Waals surface area contributed by atoms with Crippen LogP contribution < -0.4 is 0 Å². The van der Waals surface area contributed by atoms with E-state index in [1.54, 1.807) is 23.1 Å². The van der Waals surface area contributed by atoms with Crippen molar-refractivity contribution in [3.63, 3.8) is 0 Å². The van der Waals surface area contributed by atoms with Crippen molar-refractivity contribution in [3.05, 3.63) is 56.6 Å². The molecule has 2 atom stereocenters. The lowest BCUT2D eigenvalue weighted by Crippen LogP contribution is -2.34. The van der Waals surface area contributed by atoms with Crippen LogP contribution in [-0.4, -0.2) is 51.0 Å². The highest BCUT2D eigenvalue weighted by Crippen LogP contribution is 2.40. The van der Waals surface area contributed by atoms with Gasteiger partial charge >= 0.3 is 0 Å². The molecule has 10 nitrogen and oxygen atoms in total. The van der Waals surface area contributed by atoms with Crippen molar-refractivity contribution >= 4 is 23.2 Å². The normalized spacial score (nSPS) is 21.5. The molecule has 0 saturated carbocycles. The maximum atomic E-state index is 8.36. The van der Waals surface area contributed by atoms with Gasteiger partial charge < -0.3 is 19.4 Å². The first-order valence-electron chi connectivity index (χ1n) is 7.87. The maximum Gasteiger partial charge on any atom is 0.291 e. The van der Waals surface area contributed by atoms with E-state index in [2.05, 4.69) is 10.1 Å². The minimum Gasteiger partial charge on any atom is -0.379 e. The Morgan fingerprint density at radius 2 is 2.26 bits per heavy atom. The number of halogens is 2. The molecule has 0 aliphatic carbocycles. The molecule has 1 aromatic carbocycles. The van der Waals surface area contributed by atoms with Crippen LogP contribution in [0.15, 0.2) is 30.9 Å². The van der Waals surface area contributed by atoms with Crippen LogP contribution in [-0.2, 0) is 26.5 Å². The average Bonchev–Trinajstić information content (AvgIpc) is 3.23. The third-order valence-electron chi connectivity index (χ3n) is 3.55. The molecule has 1 aromatic heterocycles. The topological polar surface area (TPSA) is 122 Å². The lowest BCUT2D eigenvalue weighted by Gasteiger charge is -2.29. The smallest absolute Gasteiger partial charge is 0.291 e. The van der Waals surface area contributed by atoms with Crippen molar-refractivity contribution in [1.82, 2.24) is 14.8 Å². The Morgan fingerprint density at radius 3 is 2.85 bits per heavy atom. The highest BCUT2D eigenvalue weighted by Gasteiger charge is 2.45. The SMILES string of the molecule is CCOC[C@@H]1CO[C@@](Cn2cncn2)(c2ccc(Cl)cc2Cl)O1.O=[N+]([O-])O. The van der Waals surface area contributed by atoms with Crippen LogP contribution >= 0.6 is 23.2 Å². The average molecular weight is 421 g/mol. The number of hydrogen-bond acceptors (Lipinski definition) is 7. The third-order valence-corrected chi connectivity index (χ3v) is 4.09. The summed E-state index contributed by atoms with van der Waals surface area (Å²) in [6, 6.07) is 5.24. The monoisotopic (exact) mass is 420 g/mol. The summed E-state index contributed by atoms with van der Waals surface area (Å²) < 4.78 is 19.3. The first-order chi connectivity index (χ1) is 12.9. The Labute approximate surface area is 164 Å². The first-order valence-corrected chi connectivity index (χ1v) is 8.62. The first kappa shape index (κ1) is 21.3. The summed E-state index contributed by atoms with van der Waals surface area (Å²) in [4.78, 5) is 12.3. The summed E-state index contributed by atoms with van der Waals surface area (Å²) in [5.74, 6) is -1.04. The third kappa shape index (κ3) is 6.01. The molecule has 0 spiro atoms.